The van der Waals surface area contributed by atoms with E-state index in [-0.39, 0.29) is 24.4 Å². The minimum absolute atomic E-state index is 0. The van der Waals surface area contributed by atoms with Crippen molar-refractivity contribution in [1.29, 1.82) is 0 Å². The van der Waals surface area contributed by atoms with Crippen LogP contribution in [0.25, 0.3) is 0 Å². The van der Waals surface area contributed by atoms with Gasteiger partial charge in [-0.1, -0.05) is 44.0 Å². The van der Waals surface area contributed by atoms with Gasteiger partial charge in [-0.25, -0.2) is 0 Å². The number of halogens is 1. The van der Waals surface area contributed by atoms with Crippen molar-refractivity contribution in [2.45, 2.75) is 51.6 Å². The number of hydrogen-bond acceptors (Lipinski definition) is 2. The van der Waals surface area contributed by atoms with Crippen molar-refractivity contribution >= 4 is 18.3 Å². The van der Waals surface area contributed by atoms with E-state index in [1.54, 1.807) is 0 Å². The molecule has 2 N–H and O–H groups in total. The second kappa shape index (κ2) is 6.80. The Kier molecular flexibility index (Phi) is 5.28. The molecule has 3 rings (SSSR count). The van der Waals surface area contributed by atoms with Gasteiger partial charge in [0.25, 0.3) is 0 Å². The molecule has 0 spiro atoms. The Labute approximate surface area is 133 Å². The third kappa shape index (κ3) is 3.78. The van der Waals surface area contributed by atoms with Gasteiger partial charge in [0.1, 0.15) is 0 Å². The Morgan fingerprint density at radius 2 is 1.95 bits per heavy atom. The Hall–Kier alpha value is -1.06. The van der Waals surface area contributed by atoms with Crippen molar-refractivity contribution in [2.24, 2.45) is 5.41 Å². The summed E-state index contributed by atoms with van der Waals surface area (Å²) in [6, 6.07) is 8.31. The van der Waals surface area contributed by atoms with Gasteiger partial charge < -0.3 is 10.6 Å². The normalized spacial score (nSPS) is 23.0. The predicted octanol–water partition coefficient (Wildman–Crippen LogP) is 2.82. The molecule has 1 aromatic rings. The zero-order valence-electron chi connectivity index (χ0n) is 12.7. The largest absolute Gasteiger partial charge is 0.354 e. The van der Waals surface area contributed by atoms with Gasteiger partial charge in [0.15, 0.2) is 0 Å². The van der Waals surface area contributed by atoms with Gasteiger partial charge in [0.05, 0.1) is 6.04 Å². The number of hydrogen-bond donors (Lipinski definition) is 2. The first-order valence-corrected chi connectivity index (χ1v) is 7.74. The topological polar surface area (TPSA) is 41.1 Å². The molecule has 1 saturated carbocycles. The molecule has 1 aliphatic carbocycles. The SMILES string of the molecule is CC1(CNC(=O)C2Cc3ccccc3CN2)CCCC1.Cl. The van der Waals surface area contributed by atoms with Crippen LogP contribution >= 0.6 is 12.4 Å². The third-order valence-electron chi connectivity index (χ3n) is 4.90. The molecule has 21 heavy (non-hydrogen) atoms. The molecule has 1 aliphatic heterocycles. The molecule has 1 unspecified atom stereocenters. The van der Waals surface area contributed by atoms with Crippen molar-refractivity contribution in [3.05, 3.63) is 35.4 Å². The molecular formula is C17H25ClN2O. The minimum atomic E-state index is -0.0742. The van der Waals surface area contributed by atoms with Crippen LogP contribution in [-0.4, -0.2) is 18.5 Å². The van der Waals surface area contributed by atoms with Crippen LogP contribution in [0.15, 0.2) is 24.3 Å². The van der Waals surface area contributed by atoms with E-state index in [1.165, 1.54) is 36.8 Å². The van der Waals surface area contributed by atoms with Crippen molar-refractivity contribution in [1.82, 2.24) is 10.6 Å². The van der Waals surface area contributed by atoms with Crippen molar-refractivity contribution in [3.63, 3.8) is 0 Å². The van der Waals surface area contributed by atoms with Gasteiger partial charge >= 0.3 is 0 Å². The monoisotopic (exact) mass is 308 g/mol. The minimum Gasteiger partial charge on any atom is -0.354 e. The molecule has 3 nitrogen and oxygen atoms in total. The lowest BCUT2D eigenvalue weighted by Crippen LogP contribution is -2.49. The van der Waals surface area contributed by atoms with Crippen LogP contribution < -0.4 is 10.6 Å². The maximum Gasteiger partial charge on any atom is 0.237 e. The van der Waals surface area contributed by atoms with E-state index in [0.717, 1.165) is 19.5 Å². The van der Waals surface area contributed by atoms with Gasteiger partial charge in [-0.3, -0.25) is 4.79 Å². The molecule has 2 aliphatic rings. The van der Waals surface area contributed by atoms with Gasteiger partial charge in [-0.05, 0) is 35.8 Å². The maximum absolute atomic E-state index is 12.3. The number of nitrogens with one attached hydrogen (secondary N) is 2. The Bertz CT molecular complexity index is 497. The molecule has 1 heterocycles. The molecular weight excluding hydrogens is 284 g/mol. The molecule has 1 amide bonds. The van der Waals surface area contributed by atoms with E-state index in [4.69, 9.17) is 0 Å². The standard InChI is InChI=1S/C17H24N2O.ClH/c1-17(8-4-5-9-17)12-19-16(20)15-10-13-6-2-3-7-14(13)11-18-15;/h2-3,6-7,15,18H,4-5,8-12H2,1H3,(H,19,20);1H. The van der Waals surface area contributed by atoms with Crippen LogP contribution in [0.3, 0.4) is 0 Å². The lowest BCUT2D eigenvalue weighted by atomic mass is 9.88. The Balaban J connectivity index is 0.00000161. The first-order valence-electron chi connectivity index (χ1n) is 7.74. The Morgan fingerprint density at radius 1 is 1.29 bits per heavy atom. The highest BCUT2D eigenvalue weighted by atomic mass is 35.5. The number of rotatable bonds is 3. The lowest BCUT2D eigenvalue weighted by molar-refractivity contribution is -0.123. The van der Waals surface area contributed by atoms with E-state index in [9.17, 15) is 4.79 Å². The lowest BCUT2D eigenvalue weighted by Gasteiger charge is -2.28. The summed E-state index contributed by atoms with van der Waals surface area (Å²) in [7, 11) is 0. The first-order chi connectivity index (χ1) is 9.66. The zero-order valence-corrected chi connectivity index (χ0v) is 13.5. The average Bonchev–Trinajstić information content (AvgIpc) is 2.91. The summed E-state index contributed by atoms with van der Waals surface area (Å²) in [6.45, 7) is 3.92. The van der Waals surface area contributed by atoms with Crippen LogP contribution in [0.4, 0.5) is 0 Å². The highest BCUT2D eigenvalue weighted by Crippen LogP contribution is 2.36. The van der Waals surface area contributed by atoms with Crippen molar-refractivity contribution < 1.29 is 4.79 Å². The van der Waals surface area contributed by atoms with Crippen LogP contribution in [-0.2, 0) is 17.8 Å². The van der Waals surface area contributed by atoms with Crippen LogP contribution in [0.2, 0.25) is 0 Å². The van der Waals surface area contributed by atoms with Gasteiger partial charge in [0.2, 0.25) is 5.91 Å². The first kappa shape index (κ1) is 16.3. The molecule has 1 aromatic carbocycles. The van der Waals surface area contributed by atoms with Crippen molar-refractivity contribution in [2.75, 3.05) is 6.54 Å². The third-order valence-corrected chi connectivity index (χ3v) is 4.90. The molecule has 0 bridgehead atoms. The summed E-state index contributed by atoms with van der Waals surface area (Å²) in [6.07, 6.45) is 5.91. The second-order valence-corrected chi connectivity index (χ2v) is 6.64. The summed E-state index contributed by atoms with van der Waals surface area (Å²) in [5.41, 5.74) is 2.94. The molecule has 0 radical (unpaired) electrons. The van der Waals surface area contributed by atoms with E-state index >= 15 is 0 Å². The summed E-state index contributed by atoms with van der Waals surface area (Å²) >= 11 is 0. The quantitative estimate of drug-likeness (QED) is 0.901. The molecule has 1 atom stereocenters. The highest BCUT2D eigenvalue weighted by Gasteiger charge is 2.30. The van der Waals surface area contributed by atoms with E-state index in [2.05, 4.69) is 41.8 Å². The summed E-state index contributed by atoms with van der Waals surface area (Å²) in [4.78, 5) is 12.3. The van der Waals surface area contributed by atoms with Crippen LogP contribution in [0, 0.1) is 5.41 Å². The second-order valence-electron chi connectivity index (χ2n) is 6.64. The van der Waals surface area contributed by atoms with Crippen LogP contribution in [0.5, 0.6) is 0 Å². The number of benzene rings is 1. The Morgan fingerprint density at radius 3 is 2.67 bits per heavy atom. The van der Waals surface area contributed by atoms with Gasteiger partial charge in [-0.2, -0.15) is 0 Å². The molecule has 1 fully saturated rings. The number of amides is 1. The smallest absolute Gasteiger partial charge is 0.237 e. The molecule has 0 saturated heterocycles. The molecule has 4 heteroatoms. The summed E-state index contributed by atoms with van der Waals surface area (Å²) < 4.78 is 0. The average molecular weight is 309 g/mol. The summed E-state index contributed by atoms with van der Waals surface area (Å²) in [5.74, 6) is 0.160. The van der Waals surface area contributed by atoms with Gasteiger partial charge in [-0.15, -0.1) is 12.4 Å². The predicted molar refractivity (Wildman–Crippen MR) is 87.6 cm³/mol. The highest BCUT2D eigenvalue weighted by molar-refractivity contribution is 5.85. The fraction of sp³-hybridized carbons (Fsp3) is 0.588. The van der Waals surface area contributed by atoms with Crippen LogP contribution in [0.1, 0.15) is 43.7 Å². The van der Waals surface area contributed by atoms with Crippen molar-refractivity contribution in [3.8, 4) is 0 Å². The van der Waals surface area contributed by atoms with E-state index in [0.29, 0.717) is 5.41 Å². The fourth-order valence-corrected chi connectivity index (χ4v) is 3.47. The molecule has 0 aromatic heterocycles. The van der Waals surface area contributed by atoms with E-state index < -0.39 is 0 Å². The maximum atomic E-state index is 12.3. The fourth-order valence-electron chi connectivity index (χ4n) is 3.47. The number of fused-ring (bicyclic) bond motifs is 1. The number of carbonyl (C=O) groups excluding carboxylic acids is 1. The van der Waals surface area contributed by atoms with E-state index in [1.807, 2.05) is 0 Å². The van der Waals surface area contributed by atoms with Gasteiger partial charge in [0, 0.05) is 13.1 Å². The zero-order chi connectivity index (χ0) is 14.0. The summed E-state index contributed by atoms with van der Waals surface area (Å²) in [5, 5.41) is 6.52. The molecule has 116 valence electrons. The number of carbonyl (C=O) groups is 1.